The number of rotatable bonds is 6. The summed E-state index contributed by atoms with van der Waals surface area (Å²) in [6.07, 6.45) is 3.53. The summed E-state index contributed by atoms with van der Waals surface area (Å²) >= 11 is 4.86. The molecule has 0 aliphatic heterocycles. The number of benzene rings is 1. The van der Waals surface area contributed by atoms with Crippen LogP contribution >= 0.6 is 12.2 Å². The molecule has 0 saturated heterocycles. The van der Waals surface area contributed by atoms with Crippen LogP contribution in [-0.4, -0.2) is 21.4 Å². The molecule has 0 unspecified atom stereocenters. The van der Waals surface area contributed by atoms with Gasteiger partial charge in [0.25, 0.3) is 0 Å². The summed E-state index contributed by atoms with van der Waals surface area (Å²) in [6, 6.07) is 8.85. The molecule has 1 aromatic heterocycles. The zero-order valence-electron chi connectivity index (χ0n) is 11.9. The SMILES string of the molecule is CCN(Cc1ccncc1)Cc1ccc(C(N)=S)cc1F. The summed E-state index contributed by atoms with van der Waals surface area (Å²) in [4.78, 5) is 6.37. The summed E-state index contributed by atoms with van der Waals surface area (Å²) in [5, 5.41) is 0. The maximum Gasteiger partial charge on any atom is 0.128 e. The smallest absolute Gasteiger partial charge is 0.128 e. The summed E-state index contributed by atoms with van der Waals surface area (Å²) in [6.45, 7) is 4.19. The Morgan fingerprint density at radius 1 is 1.24 bits per heavy atom. The molecule has 0 saturated carbocycles. The number of aromatic nitrogens is 1. The first-order valence-corrected chi connectivity index (χ1v) is 7.20. The van der Waals surface area contributed by atoms with Crippen molar-refractivity contribution < 1.29 is 4.39 Å². The van der Waals surface area contributed by atoms with Gasteiger partial charge in [-0.25, -0.2) is 4.39 Å². The van der Waals surface area contributed by atoms with Crippen LogP contribution in [0.3, 0.4) is 0 Å². The van der Waals surface area contributed by atoms with E-state index in [4.69, 9.17) is 18.0 Å². The molecule has 21 heavy (non-hydrogen) atoms. The highest BCUT2D eigenvalue weighted by molar-refractivity contribution is 7.80. The molecular formula is C16H18FN3S. The van der Waals surface area contributed by atoms with E-state index in [1.54, 1.807) is 24.5 Å². The molecule has 0 amide bonds. The molecule has 5 heteroatoms. The molecule has 0 spiro atoms. The molecule has 110 valence electrons. The Hall–Kier alpha value is -1.85. The van der Waals surface area contributed by atoms with Gasteiger partial charge in [-0.15, -0.1) is 0 Å². The third-order valence-electron chi connectivity index (χ3n) is 3.33. The molecule has 0 bridgehead atoms. The van der Waals surface area contributed by atoms with Crippen LogP contribution in [0.15, 0.2) is 42.7 Å². The maximum atomic E-state index is 14.1. The average Bonchev–Trinajstić information content (AvgIpc) is 2.49. The van der Waals surface area contributed by atoms with Crippen molar-refractivity contribution >= 4 is 17.2 Å². The Morgan fingerprint density at radius 3 is 2.52 bits per heavy atom. The highest BCUT2D eigenvalue weighted by atomic mass is 32.1. The van der Waals surface area contributed by atoms with Gasteiger partial charge in [0, 0.05) is 36.6 Å². The van der Waals surface area contributed by atoms with Gasteiger partial charge in [0.2, 0.25) is 0 Å². The predicted molar refractivity (Wildman–Crippen MR) is 86.3 cm³/mol. The zero-order chi connectivity index (χ0) is 15.2. The third kappa shape index (κ3) is 4.31. The van der Waals surface area contributed by atoms with E-state index < -0.39 is 0 Å². The van der Waals surface area contributed by atoms with E-state index in [-0.39, 0.29) is 10.8 Å². The highest BCUT2D eigenvalue weighted by Gasteiger charge is 2.10. The van der Waals surface area contributed by atoms with Crippen molar-refractivity contribution in [2.75, 3.05) is 6.54 Å². The predicted octanol–water partition coefficient (Wildman–Crippen LogP) is 2.88. The van der Waals surface area contributed by atoms with Crippen molar-refractivity contribution in [3.05, 3.63) is 65.2 Å². The molecule has 0 atom stereocenters. The van der Waals surface area contributed by atoms with E-state index in [2.05, 4.69) is 16.8 Å². The summed E-state index contributed by atoms with van der Waals surface area (Å²) in [7, 11) is 0. The van der Waals surface area contributed by atoms with Crippen molar-refractivity contribution in [2.24, 2.45) is 5.73 Å². The van der Waals surface area contributed by atoms with Gasteiger partial charge in [-0.05, 0) is 30.3 Å². The van der Waals surface area contributed by atoms with Crippen LogP contribution in [0, 0.1) is 5.82 Å². The molecule has 2 N–H and O–H groups in total. The molecular weight excluding hydrogens is 285 g/mol. The number of nitrogens with two attached hydrogens (primary N) is 1. The van der Waals surface area contributed by atoms with Crippen LogP contribution in [0.5, 0.6) is 0 Å². The van der Waals surface area contributed by atoms with E-state index in [1.165, 1.54) is 6.07 Å². The van der Waals surface area contributed by atoms with Crippen molar-refractivity contribution in [2.45, 2.75) is 20.0 Å². The standard InChI is InChI=1S/C16H18FN3S/c1-2-20(10-12-5-7-19-8-6-12)11-14-4-3-13(16(18)21)9-15(14)17/h3-9H,2,10-11H2,1H3,(H2,18,21). The number of hydrogen-bond donors (Lipinski definition) is 1. The number of pyridine rings is 1. The van der Waals surface area contributed by atoms with Crippen molar-refractivity contribution in [3.8, 4) is 0 Å². The van der Waals surface area contributed by atoms with Gasteiger partial charge < -0.3 is 5.73 Å². The molecule has 2 rings (SSSR count). The van der Waals surface area contributed by atoms with Gasteiger partial charge in [-0.3, -0.25) is 9.88 Å². The maximum absolute atomic E-state index is 14.1. The normalized spacial score (nSPS) is 10.8. The lowest BCUT2D eigenvalue weighted by molar-refractivity contribution is 0.267. The molecule has 1 aromatic carbocycles. The van der Waals surface area contributed by atoms with E-state index in [1.807, 2.05) is 12.1 Å². The van der Waals surface area contributed by atoms with Gasteiger partial charge >= 0.3 is 0 Å². The quantitative estimate of drug-likeness (QED) is 0.833. The average molecular weight is 303 g/mol. The molecule has 0 aliphatic carbocycles. The van der Waals surface area contributed by atoms with E-state index in [0.717, 1.165) is 18.7 Å². The van der Waals surface area contributed by atoms with Crippen LogP contribution < -0.4 is 5.73 Å². The Kier molecular flexibility index (Phi) is 5.36. The lowest BCUT2D eigenvalue weighted by Gasteiger charge is -2.21. The van der Waals surface area contributed by atoms with Gasteiger partial charge in [0.15, 0.2) is 0 Å². The third-order valence-corrected chi connectivity index (χ3v) is 3.57. The summed E-state index contributed by atoms with van der Waals surface area (Å²) in [5.74, 6) is -0.270. The van der Waals surface area contributed by atoms with Crippen LogP contribution in [0.1, 0.15) is 23.6 Å². The number of nitrogens with zero attached hydrogens (tertiary/aromatic N) is 2. The van der Waals surface area contributed by atoms with Crippen molar-refractivity contribution in [1.29, 1.82) is 0 Å². The lowest BCUT2D eigenvalue weighted by atomic mass is 10.1. The summed E-state index contributed by atoms with van der Waals surface area (Å²) in [5.41, 5.74) is 7.87. The second-order valence-electron chi connectivity index (χ2n) is 4.83. The number of thiocarbonyl (C=S) groups is 1. The van der Waals surface area contributed by atoms with Gasteiger partial charge in [0.05, 0.1) is 0 Å². The fourth-order valence-electron chi connectivity index (χ4n) is 2.10. The monoisotopic (exact) mass is 303 g/mol. The van der Waals surface area contributed by atoms with Gasteiger partial charge in [-0.1, -0.05) is 31.3 Å². The minimum absolute atomic E-state index is 0.213. The second-order valence-corrected chi connectivity index (χ2v) is 5.27. The van der Waals surface area contributed by atoms with Crippen LogP contribution in [-0.2, 0) is 13.1 Å². The minimum Gasteiger partial charge on any atom is -0.389 e. The van der Waals surface area contributed by atoms with Crippen molar-refractivity contribution in [3.63, 3.8) is 0 Å². The number of halogens is 1. The fraction of sp³-hybridized carbons (Fsp3) is 0.250. The molecule has 0 fully saturated rings. The Balaban J connectivity index is 2.10. The Morgan fingerprint density at radius 2 is 1.95 bits per heavy atom. The van der Waals surface area contributed by atoms with E-state index >= 15 is 0 Å². The summed E-state index contributed by atoms with van der Waals surface area (Å²) < 4.78 is 14.1. The fourth-order valence-corrected chi connectivity index (χ4v) is 2.22. The van der Waals surface area contributed by atoms with Gasteiger partial charge in [0.1, 0.15) is 10.8 Å². The second kappa shape index (κ2) is 7.24. The minimum atomic E-state index is -0.270. The topological polar surface area (TPSA) is 42.2 Å². The Bertz CT molecular complexity index is 616. The van der Waals surface area contributed by atoms with E-state index in [9.17, 15) is 4.39 Å². The van der Waals surface area contributed by atoms with Gasteiger partial charge in [-0.2, -0.15) is 0 Å². The number of hydrogen-bond acceptors (Lipinski definition) is 3. The van der Waals surface area contributed by atoms with Crippen LogP contribution in [0.2, 0.25) is 0 Å². The van der Waals surface area contributed by atoms with Crippen molar-refractivity contribution in [1.82, 2.24) is 9.88 Å². The first-order chi connectivity index (χ1) is 10.1. The van der Waals surface area contributed by atoms with E-state index in [0.29, 0.717) is 17.7 Å². The van der Waals surface area contributed by atoms with Crippen LogP contribution in [0.4, 0.5) is 4.39 Å². The highest BCUT2D eigenvalue weighted by Crippen LogP contribution is 2.14. The molecule has 3 nitrogen and oxygen atoms in total. The lowest BCUT2D eigenvalue weighted by Crippen LogP contribution is -2.23. The first-order valence-electron chi connectivity index (χ1n) is 6.79. The largest absolute Gasteiger partial charge is 0.389 e. The molecule has 0 aliphatic rings. The molecule has 0 radical (unpaired) electrons. The zero-order valence-corrected chi connectivity index (χ0v) is 12.7. The van der Waals surface area contributed by atoms with Crippen LogP contribution in [0.25, 0.3) is 0 Å². The first kappa shape index (κ1) is 15.5. The Labute approximate surface area is 129 Å². The molecule has 1 heterocycles. The molecule has 2 aromatic rings.